The number of carbonyl (C=O) groups is 1. The molecule has 0 spiro atoms. The number of carbonyl (C=O) groups excluding carboxylic acids is 1. The van der Waals surface area contributed by atoms with Crippen LogP contribution in [0.2, 0.25) is 0 Å². The summed E-state index contributed by atoms with van der Waals surface area (Å²) in [7, 11) is 0. The third-order valence-corrected chi connectivity index (χ3v) is 2.07. The van der Waals surface area contributed by atoms with Crippen molar-refractivity contribution in [2.45, 2.75) is 25.7 Å². The first-order valence-electron chi connectivity index (χ1n) is 3.84. The molecule has 0 aromatic rings. The average molecular weight is 267 g/mol. The summed E-state index contributed by atoms with van der Waals surface area (Å²) in [6, 6.07) is 0. The summed E-state index contributed by atoms with van der Waals surface area (Å²) >= 11 is 3.83. The summed E-state index contributed by atoms with van der Waals surface area (Å²) < 4.78 is -0.0935. The van der Waals surface area contributed by atoms with Gasteiger partial charge in [-0.15, -0.1) is 24.8 Å². The summed E-state index contributed by atoms with van der Waals surface area (Å²) in [5.41, 5.74) is 0.834. The molecule has 0 aromatic carbocycles. The van der Waals surface area contributed by atoms with E-state index >= 15 is 0 Å². The van der Waals surface area contributed by atoms with Gasteiger partial charge in [0.15, 0.2) is 0 Å². The molecule has 0 unspecified atom stereocenters. The van der Waals surface area contributed by atoms with Gasteiger partial charge in [0, 0.05) is 0 Å². The number of hydrogen-bond donors (Lipinski definition) is 0. The fourth-order valence-corrected chi connectivity index (χ4v) is 1.31. The Balaban J connectivity index is 0. The van der Waals surface area contributed by atoms with Crippen LogP contribution in [-0.2, 0) is 20.5 Å². The molecule has 0 saturated heterocycles. The molecular formula is C9H13Cl2CoO. The van der Waals surface area contributed by atoms with Gasteiger partial charge in [0.1, 0.15) is 0 Å². The Bertz CT molecular complexity index is 212. The van der Waals surface area contributed by atoms with Gasteiger partial charge in [0.05, 0.1) is 0 Å². The Morgan fingerprint density at radius 3 is 2.62 bits per heavy atom. The predicted molar refractivity (Wildman–Crippen MR) is 55.2 cm³/mol. The quantitative estimate of drug-likeness (QED) is 0.713. The second-order valence-electron chi connectivity index (χ2n) is 2.62. The van der Waals surface area contributed by atoms with Gasteiger partial charge >= 0.3 is 74.7 Å². The Morgan fingerprint density at radius 2 is 2.00 bits per heavy atom. The Kier molecular flexibility index (Phi) is 10.6. The van der Waals surface area contributed by atoms with Crippen LogP contribution < -0.4 is 0 Å². The zero-order chi connectivity index (χ0) is 8.10. The molecule has 0 heterocycles. The van der Waals surface area contributed by atoms with Crippen molar-refractivity contribution in [2.24, 2.45) is 0 Å². The SMILES string of the molecule is Cl.Cl.O=[C]([Co])C1=CC=CCCCC1. The molecule has 0 amide bonds. The molecule has 4 heteroatoms. The van der Waals surface area contributed by atoms with Crippen molar-refractivity contribution >= 4 is 29.5 Å². The molecule has 0 aliphatic heterocycles. The molecule has 0 bridgehead atoms. The molecule has 0 atom stereocenters. The summed E-state index contributed by atoms with van der Waals surface area (Å²) in [6.45, 7) is 0. The monoisotopic (exact) mass is 266 g/mol. The molecular weight excluding hydrogens is 254 g/mol. The van der Waals surface area contributed by atoms with Crippen molar-refractivity contribution < 1.29 is 20.5 Å². The van der Waals surface area contributed by atoms with E-state index in [2.05, 4.69) is 21.8 Å². The molecule has 1 aliphatic rings. The minimum absolute atomic E-state index is 0. The van der Waals surface area contributed by atoms with Crippen LogP contribution in [0, 0.1) is 0 Å². The van der Waals surface area contributed by atoms with E-state index < -0.39 is 0 Å². The van der Waals surface area contributed by atoms with Gasteiger partial charge in [0.2, 0.25) is 0 Å². The second-order valence-corrected chi connectivity index (χ2v) is 3.09. The van der Waals surface area contributed by atoms with Crippen LogP contribution in [-0.4, -0.2) is 4.72 Å². The van der Waals surface area contributed by atoms with Gasteiger partial charge in [0.25, 0.3) is 0 Å². The van der Waals surface area contributed by atoms with Gasteiger partial charge in [-0.25, -0.2) is 0 Å². The normalized spacial score (nSPS) is 15.7. The molecule has 0 aromatic heterocycles. The van der Waals surface area contributed by atoms with Gasteiger partial charge in [-0.1, -0.05) is 0 Å². The van der Waals surface area contributed by atoms with Crippen LogP contribution in [0.4, 0.5) is 0 Å². The summed E-state index contributed by atoms with van der Waals surface area (Å²) in [5, 5.41) is 0. The van der Waals surface area contributed by atoms with E-state index in [-0.39, 0.29) is 29.5 Å². The summed E-state index contributed by atoms with van der Waals surface area (Å²) in [4.78, 5) is 10.8. The van der Waals surface area contributed by atoms with Gasteiger partial charge in [-0.2, -0.15) is 0 Å². The van der Waals surface area contributed by atoms with Gasteiger partial charge in [-0.05, 0) is 0 Å². The van der Waals surface area contributed by atoms with Crippen molar-refractivity contribution in [3.05, 3.63) is 23.8 Å². The molecule has 0 radical (unpaired) electrons. The van der Waals surface area contributed by atoms with E-state index in [0.717, 1.165) is 24.8 Å². The third-order valence-electron chi connectivity index (χ3n) is 1.74. The molecule has 1 rings (SSSR count). The zero-order valence-electron chi connectivity index (χ0n) is 7.12. The predicted octanol–water partition coefficient (Wildman–Crippen LogP) is 2.96. The number of hydrogen-bond acceptors (Lipinski definition) is 1. The first-order valence-corrected chi connectivity index (χ1v) is 4.36. The van der Waals surface area contributed by atoms with Crippen molar-refractivity contribution in [1.29, 1.82) is 0 Å². The molecule has 0 saturated carbocycles. The number of allylic oxidation sites excluding steroid dienone is 4. The first kappa shape index (κ1) is 15.7. The number of rotatable bonds is 1. The van der Waals surface area contributed by atoms with Crippen LogP contribution in [0.1, 0.15) is 25.7 Å². The minimum atomic E-state index is -0.0935. The van der Waals surface area contributed by atoms with E-state index in [0.29, 0.717) is 0 Å². The molecule has 0 fully saturated rings. The average Bonchev–Trinajstić information content (AvgIpc) is 1.84. The van der Waals surface area contributed by atoms with Crippen molar-refractivity contribution in [3.63, 3.8) is 0 Å². The van der Waals surface area contributed by atoms with Crippen molar-refractivity contribution in [2.75, 3.05) is 0 Å². The molecule has 1 nitrogen and oxygen atoms in total. The van der Waals surface area contributed by atoms with Gasteiger partial charge in [-0.3, -0.25) is 0 Å². The molecule has 13 heavy (non-hydrogen) atoms. The standard InChI is InChI=1S/C9H11O.2ClH.Co/c10-8-9-6-4-2-1-3-5-7-9;;;/h2,4,6H,1,3,5,7H2;2*1H;. The fraction of sp³-hybridized carbons (Fsp3) is 0.444. The zero-order valence-corrected chi connectivity index (χ0v) is 9.79. The van der Waals surface area contributed by atoms with E-state index in [9.17, 15) is 4.79 Å². The van der Waals surface area contributed by atoms with Crippen LogP contribution in [0.5, 0.6) is 0 Å². The fourth-order valence-electron chi connectivity index (χ4n) is 1.10. The Hall–Kier alpha value is 0.236. The van der Waals surface area contributed by atoms with Gasteiger partial charge < -0.3 is 0 Å². The maximum atomic E-state index is 10.8. The van der Waals surface area contributed by atoms with E-state index in [4.69, 9.17) is 0 Å². The molecule has 78 valence electrons. The van der Waals surface area contributed by atoms with Crippen LogP contribution in [0.25, 0.3) is 0 Å². The van der Waals surface area contributed by atoms with E-state index in [1.165, 1.54) is 6.42 Å². The second kappa shape index (κ2) is 8.82. The maximum absolute atomic E-state index is 10.8. The summed E-state index contributed by atoms with van der Waals surface area (Å²) in [5.74, 6) is 0. The van der Waals surface area contributed by atoms with Crippen LogP contribution >= 0.6 is 24.8 Å². The Labute approximate surface area is 99.5 Å². The van der Waals surface area contributed by atoms with E-state index in [1.54, 1.807) is 0 Å². The Morgan fingerprint density at radius 1 is 1.31 bits per heavy atom. The summed E-state index contributed by atoms with van der Waals surface area (Å²) in [6.07, 6.45) is 10.2. The van der Waals surface area contributed by atoms with E-state index in [1.807, 2.05) is 12.2 Å². The van der Waals surface area contributed by atoms with Crippen molar-refractivity contribution in [1.82, 2.24) is 0 Å². The van der Waals surface area contributed by atoms with Crippen LogP contribution in [0.15, 0.2) is 23.8 Å². The number of halogens is 2. The van der Waals surface area contributed by atoms with Crippen LogP contribution in [0.3, 0.4) is 0 Å². The first-order chi connectivity index (χ1) is 5.30. The molecule has 1 aliphatic carbocycles. The van der Waals surface area contributed by atoms with Crippen molar-refractivity contribution in [3.8, 4) is 0 Å². The third kappa shape index (κ3) is 6.33. The molecule has 0 N–H and O–H groups in total. The topological polar surface area (TPSA) is 17.1 Å².